The Hall–Kier alpha value is -1.92. The van der Waals surface area contributed by atoms with Crippen molar-refractivity contribution in [1.29, 1.82) is 0 Å². The van der Waals surface area contributed by atoms with E-state index in [0.29, 0.717) is 9.99 Å². The summed E-state index contributed by atoms with van der Waals surface area (Å²) in [7, 11) is 1.40. The van der Waals surface area contributed by atoms with Crippen LogP contribution < -0.4 is 10.6 Å². The fraction of sp³-hybridized carbons (Fsp3) is 0.368. The lowest BCUT2D eigenvalue weighted by Crippen LogP contribution is -2.29. The van der Waals surface area contributed by atoms with Crippen LogP contribution in [0.25, 0.3) is 10.1 Å². The number of hydrogen-bond donors (Lipinski definition) is 2. The largest absolute Gasteiger partial charge is 0.465 e. The second-order valence-corrected chi connectivity index (χ2v) is 7.59. The number of thiophene rings is 1. The SMILES string of the molecule is COC(=O)c1cc2cc(NC(=S)NCCC3=CCCCC3)ccc2s1. The smallest absolute Gasteiger partial charge is 0.348 e. The van der Waals surface area contributed by atoms with E-state index in [2.05, 4.69) is 16.7 Å². The number of nitrogens with one attached hydrogen (secondary N) is 2. The highest BCUT2D eigenvalue weighted by atomic mass is 32.1. The number of thiocarbonyl (C=S) groups is 1. The molecule has 0 saturated carbocycles. The third-order valence-electron chi connectivity index (χ3n) is 4.28. The third-order valence-corrected chi connectivity index (χ3v) is 5.62. The first kappa shape index (κ1) is 17.9. The van der Waals surface area contributed by atoms with E-state index in [4.69, 9.17) is 17.0 Å². The van der Waals surface area contributed by atoms with Crippen molar-refractivity contribution in [2.75, 3.05) is 19.0 Å². The van der Waals surface area contributed by atoms with Crippen LogP contribution in [0.3, 0.4) is 0 Å². The molecule has 6 heteroatoms. The van der Waals surface area contributed by atoms with Gasteiger partial charge in [-0.15, -0.1) is 11.3 Å². The molecule has 0 bridgehead atoms. The van der Waals surface area contributed by atoms with Gasteiger partial charge in [0, 0.05) is 16.9 Å². The van der Waals surface area contributed by atoms with Gasteiger partial charge in [-0.2, -0.15) is 0 Å². The Morgan fingerprint density at radius 3 is 2.96 bits per heavy atom. The van der Waals surface area contributed by atoms with Crippen LogP contribution >= 0.6 is 23.6 Å². The van der Waals surface area contributed by atoms with Gasteiger partial charge in [0.05, 0.1) is 7.11 Å². The maximum absolute atomic E-state index is 11.6. The molecule has 132 valence electrons. The molecule has 0 spiro atoms. The number of hydrogen-bond acceptors (Lipinski definition) is 4. The minimum atomic E-state index is -0.301. The topological polar surface area (TPSA) is 50.4 Å². The van der Waals surface area contributed by atoms with Crippen molar-refractivity contribution in [3.8, 4) is 0 Å². The highest BCUT2D eigenvalue weighted by molar-refractivity contribution is 7.80. The molecule has 0 aliphatic heterocycles. The molecule has 0 fully saturated rings. The second kappa shape index (κ2) is 8.45. The minimum absolute atomic E-state index is 0.301. The number of fused-ring (bicyclic) bond motifs is 1. The monoisotopic (exact) mass is 374 g/mol. The van der Waals surface area contributed by atoms with Crippen LogP contribution in [0.2, 0.25) is 0 Å². The Kier molecular flexibility index (Phi) is 6.04. The van der Waals surface area contributed by atoms with Crippen molar-refractivity contribution < 1.29 is 9.53 Å². The van der Waals surface area contributed by atoms with Crippen LogP contribution in [0.4, 0.5) is 5.69 Å². The first-order chi connectivity index (χ1) is 12.2. The summed E-state index contributed by atoms with van der Waals surface area (Å²) in [6.07, 6.45) is 8.48. The number of carbonyl (C=O) groups excluding carboxylic acids is 1. The lowest BCUT2D eigenvalue weighted by atomic mass is 9.97. The number of esters is 1. The first-order valence-corrected chi connectivity index (χ1v) is 9.73. The Bertz CT molecular complexity index is 811. The molecule has 1 heterocycles. The average Bonchev–Trinajstić information content (AvgIpc) is 3.05. The molecule has 2 aromatic rings. The maximum atomic E-state index is 11.6. The predicted octanol–water partition coefficient (Wildman–Crippen LogP) is 4.86. The van der Waals surface area contributed by atoms with Gasteiger partial charge < -0.3 is 15.4 Å². The maximum Gasteiger partial charge on any atom is 0.348 e. The zero-order valence-electron chi connectivity index (χ0n) is 14.3. The van der Waals surface area contributed by atoms with E-state index in [1.54, 1.807) is 0 Å². The molecule has 1 aromatic carbocycles. The molecule has 2 N–H and O–H groups in total. The molecule has 0 amide bonds. The first-order valence-electron chi connectivity index (χ1n) is 8.50. The second-order valence-electron chi connectivity index (χ2n) is 6.09. The standard InChI is InChI=1S/C19H22N2O2S2/c1-23-18(22)17-12-14-11-15(7-8-16(14)25-17)21-19(24)20-10-9-13-5-3-2-4-6-13/h5,7-8,11-12H,2-4,6,9-10H2,1H3,(H2,20,21,24). The van der Waals surface area contributed by atoms with E-state index < -0.39 is 0 Å². The van der Waals surface area contributed by atoms with Crippen LogP contribution in [0.5, 0.6) is 0 Å². The minimum Gasteiger partial charge on any atom is -0.465 e. The molecule has 4 nitrogen and oxygen atoms in total. The predicted molar refractivity (Wildman–Crippen MR) is 109 cm³/mol. The molecule has 1 aliphatic carbocycles. The Balaban J connectivity index is 1.55. The fourth-order valence-corrected chi connectivity index (χ4v) is 4.15. The van der Waals surface area contributed by atoms with Gasteiger partial charge in [0.1, 0.15) is 4.88 Å². The lowest BCUT2D eigenvalue weighted by molar-refractivity contribution is 0.0606. The van der Waals surface area contributed by atoms with Crippen LogP contribution in [-0.2, 0) is 4.74 Å². The number of benzene rings is 1. The summed E-state index contributed by atoms with van der Waals surface area (Å²) in [6.45, 7) is 0.852. The number of ether oxygens (including phenoxy) is 1. The van der Waals surface area contributed by atoms with Crippen LogP contribution in [-0.4, -0.2) is 24.7 Å². The van der Waals surface area contributed by atoms with Gasteiger partial charge in [-0.25, -0.2) is 4.79 Å². The molecule has 1 aliphatic rings. The highest BCUT2D eigenvalue weighted by Gasteiger charge is 2.11. The lowest BCUT2D eigenvalue weighted by Gasteiger charge is -2.14. The molecular formula is C19H22N2O2S2. The van der Waals surface area contributed by atoms with Gasteiger partial charge in [0.25, 0.3) is 0 Å². The van der Waals surface area contributed by atoms with Crippen molar-refractivity contribution in [3.63, 3.8) is 0 Å². The van der Waals surface area contributed by atoms with Crippen molar-refractivity contribution in [3.05, 3.63) is 40.8 Å². The number of carbonyl (C=O) groups is 1. The van der Waals surface area contributed by atoms with Gasteiger partial charge in [-0.1, -0.05) is 11.6 Å². The van der Waals surface area contributed by atoms with E-state index in [0.717, 1.165) is 28.7 Å². The summed E-state index contributed by atoms with van der Waals surface area (Å²) in [5.74, 6) is -0.301. The summed E-state index contributed by atoms with van der Waals surface area (Å²) in [5, 5.41) is 8.11. The number of rotatable bonds is 5. The number of methoxy groups -OCH3 is 1. The van der Waals surface area contributed by atoms with Gasteiger partial charge in [-0.3, -0.25) is 0 Å². The van der Waals surface area contributed by atoms with E-state index in [1.165, 1.54) is 49.7 Å². The molecule has 3 rings (SSSR count). The Morgan fingerprint density at radius 2 is 2.20 bits per heavy atom. The van der Waals surface area contributed by atoms with Gasteiger partial charge in [0.2, 0.25) is 0 Å². The average molecular weight is 375 g/mol. The van der Waals surface area contributed by atoms with Gasteiger partial charge in [-0.05, 0) is 74.0 Å². The summed E-state index contributed by atoms with van der Waals surface area (Å²) < 4.78 is 5.83. The Morgan fingerprint density at radius 1 is 1.32 bits per heavy atom. The number of anilines is 1. The van der Waals surface area contributed by atoms with E-state index in [1.807, 2.05) is 24.3 Å². The normalized spacial score (nSPS) is 14.0. The summed E-state index contributed by atoms with van der Waals surface area (Å²) >= 11 is 6.81. The van der Waals surface area contributed by atoms with E-state index in [9.17, 15) is 4.79 Å². The van der Waals surface area contributed by atoms with E-state index >= 15 is 0 Å². The fourth-order valence-electron chi connectivity index (χ4n) is 2.97. The highest BCUT2D eigenvalue weighted by Crippen LogP contribution is 2.28. The Labute approximate surface area is 157 Å². The van der Waals surface area contributed by atoms with Gasteiger partial charge in [0.15, 0.2) is 5.11 Å². The summed E-state index contributed by atoms with van der Waals surface area (Å²) in [4.78, 5) is 12.2. The van der Waals surface area contributed by atoms with Crippen molar-refractivity contribution in [1.82, 2.24) is 5.32 Å². The van der Waals surface area contributed by atoms with E-state index in [-0.39, 0.29) is 5.97 Å². The molecule has 0 radical (unpaired) electrons. The molecule has 0 unspecified atom stereocenters. The molecular weight excluding hydrogens is 352 g/mol. The zero-order chi connectivity index (χ0) is 17.6. The third kappa shape index (κ3) is 4.80. The van der Waals surface area contributed by atoms with Crippen LogP contribution in [0, 0.1) is 0 Å². The number of allylic oxidation sites excluding steroid dienone is 1. The molecule has 25 heavy (non-hydrogen) atoms. The van der Waals surface area contributed by atoms with Crippen molar-refractivity contribution in [2.24, 2.45) is 0 Å². The molecule has 0 saturated heterocycles. The van der Waals surface area contributed by atoms with Crippen LogP contribution in [0.1, 0.15) is 41.8 Å². The summed E-state index contributed by atoms with van der Waals surface area (Å²) in [6, 6.07) is 7.81. The quantitative estimate of drug-likeness (QED) is 0.444. The summed E-state index contributed by atoms with van der Waals surface area (Å²) in [5.41, 5.74) is 2.45. The van der Waals surface area contributed by atoms with Crippen LogP contribution in [0.15, 0.2) is 35.9 Å². The molecule has 0 atom stereocenters. The van der Waals surface area contributed by atoms with Crippen molar-refractivity contribution in [2.45, 2.75) is 32.1 Å². The van der Waals surface area contributed by atoms with Crippen molar-refractivity contribution >= 4 is 50.4 Å². The molecule has 1 aromatic heterocycles. The van der Waals surface area contributed by atoms with Gasteiger partial charge >= 0.3 is 5.97 Å². The zero-order valence-corrected chi connectivity index (χ0v) is 15.9.